The van der Waals surface area contributed by atoms with Gasteiger partial charge in [0.05, 0.1) is 5.69 Å². The Kier molecular flexibility index (Phi) is 6.34. The van der Waals surface area contributed by atoms with Gasteiger partial charge >= 0.3 is 6.09 Å². The Morgan fingerprint density at radius 1 is 1.30 bits per heavy atom. The van der Waals surface area contributed by atoms with Crippen LogP contribution in [0.4, 0.5) is 14.9 Å². The summed E-state index contributed by atoms with van der Waals surface area (Å²) in [5.41, 5.74) is 4.74. The smallest absolute Gasteiger partial charge is 0.407 e. The maximum Gasteiger partial charge on any atom is 0.407 e. The van der Waals surface area contributed by atoms with Gasteiger partial charge in [-0.1, -0.05) is 6.07 Å². The SMILES string of the molecule is CC(C)(C)OC(=O)NCCCNS(=O)(=O)c1c(N)cccc1F. The minimum absolute atomic E-state index is 0.0197. The number of hydrogen-bond donors (Lipinski definition) is 3. The Morgan fingerprint density at radius 3 is 2.52 bits per heavy atom. The Labute approximate surface area is 135 Å². The lowest BCUT2D eigenvalue weighted by molar-refractivity contribution is 0.0527. The standard InChI is InChI=1S/C14H22FN3O4S/c1-14(2,3)22-13(19)17-8-5-9-18-23(20,21)12-10(15)6-4-7-11(12)16/h4,6-7,18H,5,8-9,16H2,1-3H3,(H,17,19). The Bertz CT molecular complexity index is 636. The third-order valence-corrected chi connectivity index (χ3v) is 4.13. The van der Waals surface area contributed by atoms with E-state index in [2.05, 4.69) is 10.0 Å². The number of alkyl carbamates (subject to hydrolysis) is 1. The number of anilines is 1. The number of benzene rings is 1. The summed E-state index contributed by atoms with van der Waals surface area (Å²) >= 11 is 0. The summed E-state index contributed by atoms with van der Waals surface area (Å²) in [5, 5.41) is 2.49. The lowest BCUT2D eigenvalue weighted by Crippen LogP contribution is -2.34. The summed E-state index contributed by atoms with van der Waals surface area (Å²) in [7, 11) is -4.05. The molecule has 0 saturated heterocycles. The molecule has 1 rings (SSSR count). The molecule has 23 heavy (non-hydrogen) atoms. The van der Waals surface area contributed by atoms with Crippen molar-refractivity contribution in [2.45, 2.75) is 37.7 Å². The fourth-order valence-corrected chi connectivity index (χ4v) is 2.94. The number of nitrogen functional groups attached to an aromatic ring is 1. The maximum absolute atomic E-state index is 13.6. The van der Waals surface area contributed by atoms with E-state index in [0.29, 0.717) is 6.42 Å². The second-order valence-electron chi connectivity index (χ2n) is 5.84. The van der Waals surface area contributed by atoms with Crippen LogP contribution in [0.25, 0.3) is 0 Å². The van der Waals surface area contributed by atoms with Crippen molar-refractivity contribution in [1.82, 2.24) is 10.0 Å². The predicted octanol–water partition coefficient (Wildman–Crippen LogP) is 1.60. The van der Waals surface area contributed by atoms with Gasteiger partial charge in [0, 0.05) is 13.1 Å². The van der Waals surface area contributed by atoms with Gasteiger partial charge in [-0.25, -0.2) is 22.3 Å². The summed E-state index contributed by atoms with van der Waals surface area (Å²) in [5.74, 6) is -0.913. The number of amides is 1. The molecule has 0 aromatic heterocycles. The summed E-state index contributed by atoms with van der Waals surface area (Å²) in [6.07, 6.45) is -0.272. The van der Waals surface area contributed by atoms with E-state index in [4.69, 9.17) is 10.5 Å². The lowest BCUT2D eigenvalue weighted by atomic mass is 10.2. The predicted molar refractivity (Wildman–Crippen MR) is 84.9 cm³/mol. The Balaban J connectivity index is 2.45. The van der Waals surface area contributed by atoms with Gasteiger partial charge in [-0.05, 0) is 39.3 Å². The van der Waals surface area contributed by atoms with Gasteiger partial charge in [0.15, 0.2) is 0 Å². The fraction of sp³-hybridized carbons (Fsp3) is 0.500. The Hall–Kier alpha value is -1.87. The molecule has 0 aliphatic rings. The molecule has 0 bridgehead atoms. The molecular weight excluding hydrogens is 325 g/mol. The molecule has 0 aliphatic carbocycles. The summed E-state index contributed by atoms with van der Waals surface area (Å²) in [4.78, 5) is 10.8. The largest absolute Gasteiger partial charge is 0.444 e. The highest BCUT2D eigenvalue weighted by Gasteiger charge is 2.21. The minimum Gasteiger partial charge on any atom is -0.444 e. The molecule has 0 atom stereocenters. The van der Waals surface area contributed by atoms with Gasteiger partial charge in [0.2, 0.25) is 10.0 Å². The third-order valence-electron chi connectivity index (χ3n) is 2.58. The quantitative estimate of drug-likeness (QED) is 0.535. The van der Waals surface area contributed by atoms with Crippen molar-refractivity contribution < 1.29 is 22.3 Å². The van der Waals surface area contributed by atoms with Crippen molar-refractivity contribution in [1.29, 1.82) is 0 Å². The van der Waals surface area contributed by atoms with E-state index in [1.54, 1.807) is 20.8 Å². The van der Waals surface area contributed by atoms with E-state index in [0.717, 1.165) is 6.07 Å². The first-order valence-corrected chi connectivity index (χ1v) is 8.52. The maximum atomic E-state index is 13.6. The van der Waals surface area contributed by atoms with Crippen LogP contribution in [0.5, 0.6) is 0 Å². The van der Waals surface area contributed by atoms with E-state index in [1.807, 2.05) is 0 Å². The van der Waals surface area contributed by atoms with Crippen LogP contribution in [-0.4, -0.2) is 33.2 Å². The van der Waals surface area contributed by atoms with Crippen LogP contribution in [-0.2, 0) is 14.8 Å². The second-order valence-corrected chi connectivity index (χ2v) is 7.54. The molecule has 1 aromatic rings. The zero-order chi connectivity index (χ0) is 17.7. The molecule has 1 aromatic carbocycles. The number of carbonyl (C=O) groups excluding carboxylic acids is 1. The lowest BCUT2D eigenvalue weighted by Gasteiger charge is -2.19. The molecular formula is C14H22FN3O4S. The topological polar surface area (TPSA) is 111 Å². The summed E-state index contributed by atoms with van der Waals surface area (Å²) in [6.45, 7) is 5.44. The molecule has 0 spiro atoms. The number of halogens is 1. The van der Waals surface area contributed by atoms with Crippen molar-refractivity contribution in [3.05, 3.63) is 24.0 Å². The average molecular weight is 347 g/mol. The molecule has 1 amide bonds. The van der Waals surface area contributed by atoms with Crippen molar-refractivity contribution in [2.24, 2.45) is 0 Å². The van der Waals surface area contributed by atoms with Crippen LogP contribution in [0.15, 0.2) is 23.1 Å². The van der Waals surface area contributed by atoms with E-state index >= 15 is 0 Å². The summed E-state index contributed by atoms with van der Waals surface area (Å²) < 4.78 is 44.9. The van der Waals surface area contributed by atoms with Crippen LogP contribution in [0.1, 0.15) is 27.2 Å². The zero-order valence-electron chi connectivity index (χ0n) is 13.3. The van der Waals surface area contributed by atoms with Crippen molar-refractivity contribution in [3.8, 4) is 0 Å². The molecule has 0 heterocycles. The first kappa shape index (κ1) is 19.2. The van der Waals surface area contributed by atoms with E-state index in [-0.39, 0.29) is 18.8 Å². The van der Waals surface area contributed by atoms with Crippen molar-refractivity contribution in [2.75, 3.05) is 18.8 Å². The molecule has 0 aliphatic heterocycles. The number of hydrogen-bond acceptors (Lipinski definition) is 5. The number of rotatable bonds is 6. The van der Waals surface area contributed by atoms with Gasteiger partial charge in [-0.3, -0.25) is 0 Å². The number of carbonyl (C=O) groups is 1. The van der Waals surface area contributed by atoms with Gasteiger partial charge in [-0.15, -0.1) is 0 Å². The third kappa shape index (κ3) is 6.41. The number of nitrogens with one attached hydrogen (secondary N) is 2. The van der Waals surface area contributed by atoms with Crippen LogP contribution in [0.3, 0.4) is 0 Å². The normalized spacial score (nSPS) is 12.0. The second kappa shape index (κ2) is 7.60. The first-order chi connectivity index (χ1) is 10.5. The van der Waals surface area contributed by atoms with Gasteiger partial charge < -0.3 is 15.8 Å². The molecule has 130 valence electrons. The zero-order valence-corrected chi connectivity index (χ0v) is 14.2. The van der Waals surface area contributed by atoms with Crippen molar-refractivity contribution in [3.63, 3.8) is 0 Å². The van der Waals surface area contributed by atoms with Crippen molar-refractivity contribution >= 4 is 21.8 Å². The number of sulfonamides is 1. The summed E-state index contributed by atoms with van der Waals surface area (Å²) in [6, 6.07) is 3.66. The molecule has 0 saturated carbocycles. The highest BCUT2D eigenvalue weighted by molar-refractivity contribution is 7.89. The molecule has 7 nitrogen and oxygen atoms in total. The Morgan fingerprint density at radius 2 is 1.96 bits per heavy atom. The number of ether oxygens (including phenoxy) is 1. The molecule has 9 heteroatoms. The minimum atomic E-state index is -4.05. The highest BCUT2D eigenvalue weighted by atomic mass is 32.2. The average Bonchev–Trinajstić information content (AvgIpc) is 2.35. The van der Waals surface area contributed by atoms with Crippen LogP contribution < -0.4 is 15.8 Å². The number of nitrogens with two attached hydrogens (primary N) is 1. The van der Waals surface area contributed by atoms with Crippen LogP contribution >= 0.6 is 0 Å². The van der Waals surface area contributed by atoms with Gasteiger partial charge in [-0.2, -0.15) is 0 Å². The monoisotopic (exact) mass is 347 g/mol. The van der Waals surface area contributed by atoms with E-state index < -0.39 is 32.4 Å². The van der Waals surface area contributed by atoms with Gasteiger partial charge in [0.1, 0.15) is 16.3 Å². The van der Waals surface area contributed by atoms with Crippen LogP contribution in [0, 0.1) is 5.82 Å². The van der Waals surface area contributed by atoms with Crippen LogP contribution in [0.2, 0.25) is 0 Å². The van der Waals surface area contributed by atoms with E-state index in [9.17, 15) is 17.6 Å². The molecule has 4 N–H and O–H groups in total. The fourth-order valence-electron chi connectivity index (χ4n) is 1.68. The molecule has 0 fully saturated rings. The van der Waals surface area contributed by atoms with E-state index in [1.165, 1.54) is 12.1 Å². The molecule has 0 unspecified atom stereocenters. The van der Waals surface area contributed by atoms with Gasteiger partial charge in [0.25, 0.3) is 0 Å². The molecule has 0 radical (unpaired) electrons. The highest BCUT2D eigenvalue weighted by Crippen LogP contribution is 2.21. The first-order valence-electron chi connectivity index (χ1n) is 7.03.